The van der Waals surface area contributed by atoms with Crippen LogP contribution < -0.4 is 9.46 Å². The van der Waals surface area contributed by atoms with Crippen molar-refractivity contribution < 1.29 is 27.0 Å². The van der Waals surface area contributed by atoms with Crippen molar-refractivity contribution in [2.75, 3.05) is 11.8 Å². The first-order valence-electron chi connectivity index (χ1n) is 10.6. The van der Waals surface area contributed by atoms with Crippen LogP contribution in [0.4, 0.5) is 14.5 Å². The molecule has 2 heterocycles. The Morgan fingerprint density at radius 3 is 2.50 bits per heavy atom. The van der Waals surface area contributed by atoms with E-state index in [1.54, 1.807) is 38.2 Å². The quantitative estimate of drug-likeness (QED) is 0.384. The smallest absolute Gasteiger partial charge is 0.264 e. The van der Waals surface area contributed by atoms with Gasteiger partial charge in [-0.15, -0.1) is 0 Å². The summed E-state index contributed by atoms with van der Waals surface area (Å²) in [5.41, 5.74) is 1.31. The molecule has 2 aromatic carbocycles. The Morgan fingerprint density at radius 1 is 1.03 bits per heavy atom. The van der Waals surface area contributed by atoms with E-state index in [2.05, 4.69) is 26.5 Å². The summed E-state index contributed by atoms with van der Waals surface area (Å²) in [6.45, 7) is 3.16. The lowest BCUT2D eigenvalue weighted by molar-refractivity contribution is 0.143. The van der Waals surface area contributed by atoms with Crippen molar-refractivity contribution in [1.29, 1.82) is 0 Å². The molecule has 0 bridgehead atoms. The molecular formula is C26H21F2N3O4S. The number of methoxy groups -OCH3 is 1. The summed E-state index contributed by atoms with van der Waals surface area (Å²) in [5.74, 6) is 3.58. The summed E-state index contributed by atoms with van der Waals surface area (Å²) in [5, 5.41) is 10.7. The Balaban J connectivity index is 1.78. The number of halogens is 2. The number of nitrogens with one attached hydrogen (secondary N) is 1. The Labute approximate surface area is 206 Å². The van der Waals surface area contributed by atoms with Crippen molar-refractivity contribution in [2.45, 2.75) is 24.3 Å². The highest BCUT2D eigenvalue weighted by Gasteiger charge is 2.22. The van der Waals surface area contributed by atoms with Crippen molar-refractivity contribution in [3.63, 3.8) is 0 Å². The molecule has 0 saturated carbocycles. The van der Waals surface area contributed by atoms with E-state index in [0.29, 0.717) is 28.3 Å². The van der Waals surface area contributed by atoms with Crippen LogP contribution in [0, 0.1) is 23.5 Å². The van der Waals surface area contributed by atoms with Crippen LogP contribution in [0.2, 0.25) is 0 Å². The van der Waals surface area contributed by atoms with E-state index in [1.165, 1.54) is 19.4 Å². The number of nitrogens with zero attached hydrogens (tertiary/aromatic N) is 2. The van der Waals surface area contributed by atoms with Crippen LogP contribution in [-0.2, 0) is 10.0 Å². The van der Waals surface area contributed by atoms with Gasteiger partial charge in [0.2, 0.25) is 5.88 Å². The number of sulfonamides is 1. The number of aromatic nitrogens is 2. The van der Waals surface area contributed by atoms with E-state index in [9.17, 15) is 22.3 Å². The Kier molecular flexibility index (Phi) is 6.63. The minimum absolute atomic E-state index is 0.0351. The van der Waals surface area contributed by atoms with E-state index in [1.807, 2.05) is 6.07 Å². The molecule has 0 radical (unpaired) electrons. The van der Waals surface area contributed by atoms with Crippen molar-refractivity contribution >= 4 is 26.6 Å². The molecule has 0 atom stereocenters. The Morgan fingerprint density at radius 2 is 1.81 bits per heavy atom. The predicted octanol–water partition coefficient (Wildman–Crippen LogP) is 4.51. The third-order valence-corrected chi connectivity index (χ3v) is 6.45. The van der Waals surface area contributed by atoms with Gasteiger partial charge in [-0.3, -0.25) is 9.71 Å². The molecule has 4 rings (SSSR count). The van der Waals surface area contributed by atoms with Gasteiger partial charge in [-0.1, -0.05) is 17.9 Å². The average Bonchev–Trinajstić information content (AvgIpc) is 2.81. The molecule has 0 fully saturated rings. The molecule has 36 heavy (non-hydrogen) atoms. The van der Waals surface area contributed by atoms with Gasteiger partial charge in [-0.2, -0.15) is 0 Å². The lowest BCUT2D eigenvalue weighted by Gasteiger charge is -2.13. The Bertz CT molecular complexity index is 1640. The van der Waals surface area contributed by atoms with Gasteiger partial charge in [0.25, 0.3) is 10.0 Å². The van der Waals surface area contributed by atoms with E-state index < -0.39 is 32.2 Å². The van der Waals surface area contributed by atoms with E-state index in [-0.39, 0.29) is 11.6 Å². The maximum atomic E-state index is 14.2. The van der Waals surface area contributed by atoms with Gasteiger partial charge in [0.05, 0.1) is 12.6 Å². The summed E-state index contributed by atoms with van der Waals surface area (Å²) in [6, 6.07) is 10.8. The van der Waals surface area contributed by atoms with Crippen molar-refractivity contribution in [2.24, 2.45) is 0 Å². The predicted molar refractivity (Wildman–Crippen MR) is 132 cm³/mol. The first-order chi connectivity index (χ1) is 17.0. The number of benzene rings is 2. The molecule has 0 aliphatic rings. The standard InChI is InChI=1S/C26H21F2N3O4S/c1-26(2,32)10-8-16-9-11-29-22-6-4-17(12-20(16)22)18-13-23(25(35-3)30-15-18)31-36(33,34)24-7-5-19(27)14-21(24)28/h4-7,9,11-15,31-32H,1-3H3. The van der Waals surface area contributed by atoms with Gasteiger partial charge in [-0.05, 0) is 55.8 Å². The molecule has 7 nitrogen and oxygen atoms in total. The molecule has 0 unspecified atom stereocenters. The van der Waals surface area contributed by atoms with Crippen LogP contribution in [0.3, 0.4) is 0 Å². The lowest BCUT2D eigenvalue weighted by atomic mass is 10.0. The van der Waals surface area contributed by atoms with Crippen LogP contribution in [0.1, 0.15) is 19.4 Å². The molecule has 2 N–H and O–H groups in total. The maximum Gasteiger partial charge on any atom is 0.264 e. The highest BCUT2D eigenvalue weighted by atomic mass is 32.2. The third kappa shape index (κ3) is 5.43. The van der Waals surface area contributed by atoms with Crippen molar-refractivity contribution in [3.8, 4) is 28.8 Å². The largest absolute Gasteiger partial charge is 0.480 e. The fourth-order valence-electron chi connectivity index (χ4n) is 3.39. The number of anilines is 1. The fraction of sp³-hybridized carbons (Fsp3) is 0.154. The van der Waals surface area contributed by atoms with Gasteiger partial charge in [0.1, 0.15) is 27.8 Å². The zero-order valence-corrected chi connectivity index (χ0v) is 20.3. The van der Waals surface area contributed by atoms with Gasteiger partial charge >= 0.3 is 0 Å². The summed E-state index contributed by atoms with van der Waals surface area (Å²) in [6.07, 6.45) is 3.11. The fourth-order valence-corrected chi connectivity index (χ4v) is 4.50. The van der Waals surface area contributed by atoms with Crippen molar-refractivity contribution in [3.05, 3.63) is 78.1 Å². The highest BCUT2D eigenvalue weighted by molar-refractivity contribution is 7.92. The molecule has 4 aromatic rings. The summed E-state index contributed by atoms with van der Waals surface area (Å²) >= 11 is 0. The average molecular weight is 510 g/mol. The monoisotopic (exact) mass is 509 g/mol. The minimum atomic E-state index is -4.42. The zero-order chi connectivity index (χ0) is 26.1. The number of ether oxygens (including phenoxy) is 1. The second kappa shape index (κ2) is 9.53. The van der Waals surface area contributed by atoms with Crippen molar-refractivity contribution in [1.82, 2.24) is 9.97 Å². The number of hydrogen-bond donors (Lipinski definition) is 2. The molecular weight excluding hydrogens is 488 g/mol. The Hall–Kier alpha value is -4.07. The summed E-state index contributed by atoms with van der Waals surface area (Å²) in [7, 11) is -3.11. The second-order valence-corrected chi connectivity index (χ2v) is 10.0. The number of hydrogen-bond acceptors (Lipinski definition) is 6. The number of rotatable bonds is 5. The summed E-state index contributed by atoms with van der Waals surface area (Å²) < 4.78 is 60.5. The van der Waals surface area contributed by atoms with Gasteiger partial charge in [-0.25, -0.2) is 22.2 Å². The topological polar surface area (TPSA) is 101 Å². The first kappa shape index (κ1) is 25.0. The van der Waals surface area contributed by atoms with Gasteiger partial charge in [0, 0.05) is 35.0 Å². The summed E-state index contributed by atoms with van der Waals surface area (Å²) in [4.78, 5) is 7.80. The number of fused-ring (bicyclic) bond motifs is 1. The SMILES string of the molecule is COc1ncc(-c2ccc3nccc(C#CC(C)(C)O)c3c2)cc1NS(=O)(=O)c1ccc(F)cc1F. The number of aliphatic hydroxyl groups is 1. The second-order valence-electron chi connectivity index (χ2n) is 8.36. The zero-order valence-electron chi connectivity index (χ0n) is 19.5. The van der Waals surface area contributed by atoms with E-state index in [4.69, 9.17) is 4.74 Å². The van der Waals surface area contributed by atoms with Crippen LogP contribution >= 0.6 is 0 Å². The normalized spacial score (nSPS) is 11.6. The first-order valence-corrected chi connectivity index (χ1v) is 12.1. The minimum Gasteiger partial charge on any atom is -0.480 e. The molecule has 10 heteroatoms. The number of pyridine rings is 2. The molecule has 0 aliphatic carbocycles. The van der Waals surface area contributed by atoms with Crippen LogP contribution in [0.15, 0.2) is 65.8 Å². The third-order valence-electron chi connectivity index (χ3n) is 5.05. The maximum absolute atomic E-state index is 14.2. The van der Waals surface area contributed by atoms with Gasteiger partial charge in [0.15, 0.2) is 0 Å². The molecule has 0 spiro atoms. The van der Waals surface area contributed by atoms with Crippen LogP contribution in [0.5, 0.6) is 5.88 Å². The molecule has 0 saturated heterocycles. The van der Waals surface area contributed by atoms with Crippen LogP contribution in [-0.4, -0.2) is 36.2 Å². The highest BCUT2D eigenvalue weighted by Crippen LogP contribution is 2.32. The van der Waals surface area contributed by atoms with Crippen LogP contribution in [0.25, 0.3) is 22.0 Å². The lowest BCUT2D eigenvalue weighted by Crippen LogP contribution is -2.15. The van der Waals surface area contributed by atoms with E-state index in [0.717, 1.165) is 17.5 Å². The molecule has 2 aromatic heterocycles. The molecule has 0 amide bonds. The van der Waals surface area contributed by atoms with Gasteiger partial charge < -0.3 is 9.84 Å². The van der Waals surface area contributed by atoms with E-state index >= 15 is 0 Å². The molecule has 184 valence electrons. The molecule has 0 aliphatic heterocycles.